The van der Waals surface area contributed by atoms with E-state index in [0.717, 1.165) is 12.1 Å². The smallest absolute Gasteiger partial charge is 0.255 e. The van der Waals surface area contributed by atoms with Gasteiger partial charge in [0, 0.05) is 12.3 Å². The predicted molar refractivity (Wildman–Crippen MR) is 68.9 cm³/mol. The van der Waals surface area contributed by atoms with Crippen LogP contribution in [0, 0.1) is 11.6 Å². The second-order valence-corrected chi connectivity index (χ2v) is 4.36. The number of H-pyrrole nitrogens is 1. The van der Waals surface area contributed by atoms with Gasteiger partial charge in [0.25, 0.3) is 5.88 Å². The van der Waals surface area contributed by atoms with E-state index in [-0.39, 0.29) is 28.0 Å². The maximum absolute atomic E-state index is 13.9. The molecule has 106 valence electrons. The van der Waals surface area contributed by atoms with E-state index in [2.05, 4.69) is 25.6 Å². The van der Waals surface area contributed by atoms with E-state index in [0.29, 0.717) is 0 Å². The third-order valence-corrected chi connectivity index (χ3v) is 2.72. The van der Waals surface area contributed by atoms with Gasteiger partial charge in [-0.15, -0.1) is 10.2 Å². The summed E-state index contributed by atoms with van der Waals surface area (Å²) in [5, 5.41) is 13.0. The van der Waals surface area contributed by atoms with Crippen molar-refractivity contribution in [3.63, 3.8) is 0 Å². The molecule has 21 heavy (non-hydrogen) atoms. The van der Waals surface area contributed by atoms with E-state index in [4.69, 9.17) is 16.3 Å². The van der Waals surface area contributed by atoms with Crippen molar-refractivity contribution in [1.29, 1.82) is 0 Å². The van der Waals surface area contributed by atoms with Crippen LogP contribution in [0.1, 0.15) is 0 Å². The summed E-state index contributed by atoms with van der Waals surface area (Å²) in [6.45, 7) is 0. The highest BCUT2D eigenvalue weighted by Crippen LogP contribution is 2.27. The lowest BCUT2D eigenvalue weighted by Gasteiger charge is -2.06. The Labute approximate surface area is 121 Å². The molecule has 3 aromatic rings. The fourth-order valence-corrected chi connectivity index (χ4v) is 1.75. The first-order chi connectivity index (χ1) is 10.1. The van der Waals surface area contributed by atoms with Crippen molar-refractivity contribution in [3.05, 3.63) is 47.1 Å². The fourth-order valence-electron chi connectivity index (χ4n) is 1.61. The first-order valence-corrected chi connectivity index (χ1v) is 6.03. The molecule has 0 radical (unpaired) electrons. The Morgan fingerprint density at radius 1 is 1.14 bits per heavy atom. The number of aromatic nitrogens is 5. The van der Waals surface area contributed by atoms with Crippen LogP contribution in [0.25, 0.3) is 11.4 Å². The Bertz CT molecular complexity index is 781. The minimum absolute atomic E-state index is 0.0773. The topological polar surface area (TPSA) is 76.6 Å². The minimum Gasteiger partial charge on any atom is -0.436 e. The van der Waals surface area contributed by atoms with Gasteiger partial charge in [0.1, 0.15) is 11.6 Å². The summed E-state index contributed by atoms with van der Waals surface area (Å²) in [4.78, 5) is 3.68. The highest BCUT2D eigenvalue weighted by atomic mass is 35.5. The van der Waals surface area contributed by atoms with Crippen LogP contribution >= 0.6 is 11.6 Å². The quantitative estimate of drug-likeness (QED) is 0.805. The van der Waals surface area contributed by atoms with E-state index in [1.54, 1.807) is 0 Å². The first-order valence-electron chi connectivity index (χ1n) is 5.66. The van der Waals surface area contributed by atoms with Gasteiger partial charge in [0.15, 0.2) is 5.82 Å². The third kappa shape index (κ3) is 2.79. The fraction of sp³-hybridized carbons (Fsp3) is 0. The summed E-state index contributed by atoms with van der Waals surface area (Å²) in [6, 6.07) is 4.95. The summed E-state index contributed by atoms with van der Waals surface area (Å²) in [6.07, 6.45) is 1.23. The number of halogens is 3. The molecule has 2 aromatic heterocycles. The van der Waals surface area contributed by atoms with Gasteiger partial charge in [0.2, 0.25) is 5.82 Å². The summed E-state index contributed by atoms with van der Waals surface area (Å²) >= 11 is 5.58. The van der Waals surface area contributed by atoms with Gasteiger partial charge >= 0.3 is 0 Å². The van der Waals surface area contributed by atoms with Crippen LogP contribution in [-0.2, 0) is 0 Å². The van der Waals surface area contributed by atoms with Crippen LogP contribution in [0.5, 0.6) is 11.6 Å². The Hall–Kier alpha value is -2.61. The van der Waals surface area contributed by atoms with Gasteiger partial charge in [-0.2, -0.15) is 5.21 Å². The van der Waals surface area contributed by atoms with E-state index < -0.39 is 11.6 Å². The van der Waals surface area contributed by atoms with Crippen molar-refractivity contribution >= 4 is 11.6 Å². The lowest BCUT2D eigenvalue weighted by atomic mass is 10.2. The molecule has 0 unspecified atom stereocenters. The maximum atomic E-state index is 13.9. The van der Waals surface area contributed by atoms with Gasteiger partial charge in [-0.1, -0.05) is 11.6 Å². The lowest BCUT2D eigenvalue weighted by Crippen LogP contribution is -1.94. The summed E-state index contributed by atoms with van der Waals surface area (Å²) in [5.74, 6) is -1.50. The molecular weight excluding hydrogens is 304 g/mol. The molecule has 0 aliphatic rings. The van der Waals surface area contributed by atoms with Crippen molar-refractivity contribution in [3.8, 4) is 23.0 Å². The number of aromatic amines is 1. The van der Waals surface area contributed by atoms with Crippen LogP contribution < -0.4 is 4.74 Å². The van der Waals surface area contributed by atoms with Gasteiger partial charge < -0.3 is 4.74 Å². The van der Waals surface area contributed by atoms with Crippen LogP contribution in [-0.4, -0.2) is 25.6 Å². The number of ether oxygens (including phenoxy) is 1. The minimum atomic E-state index is -0.745. The second-order valence-electron chi connectivity index (χ2n) is 3.92. The average molecular weight is 310 g/mol. The summed E-state index contributed by atoms with van der Waals surface area (Å²) in [7, 11) is 0. The zero-order valence-electron chi connectivity index (χ0n) is 10.2. The van der Waals surface area contributed by atoms with E-state index >= 15 is 0 Å². The summed E-state index contributed by atoms with van der Waals surface area (Å²) < 4.78 is 32.7. The molecule has 0 aliphatic heterocycles. The van der Waals surface area contributed by atoms with Gasteiger partial charge in [0.05, 0.1) is 10.6 Å². The Kier molecular flexibility index (Phi) is 3.44. The van der Waals surface area contributed by atoms with E-state index in [1.165, 1.54) is 18.3 Å². The molecule has 6 nitrogen and oxygen atoms in total. The Balaban J connectivity index is 1.89. The van der Waals surface area contributed by atoms with Gasteiger partial charge in [-0.25, -0.2) is 13.8 Å². The zero-order valence-corrected chi connectivity index (χ0v) is 11.0. The normalized spacial score (nSPS) is 10.6. The van der Waals surface area contributed by atoms with Crippen LogP contribution in [0.4, 0.5) is 8.78 Å². The molecule has 0 fully saturated rings. The molecule has 9 heteroatoms. The van der Waals surface area contributed by atoms with Crippen molar-refractivity contribution in [2.75, 3.05) is 0 Å². The van der Waals surface area contributed by atoms with Crippen LogP contribution in [0.15, 0.2) is 30.5 Å². The first kappa shape index (κ1) is 13.4. The average Bonchev–Trinajstić information content (AvgIpc) is 2.96. The molecule has 1 N–H and O–H groups in total. The van der Waals surface area contributed by atoms with Crippen molar-refractivity contribution < 1.29 is 13.5 Å². The summed E-state index contributed by atoms with van der Waals surface area (Å²) in [5.41, 5.74) is 0.139. The molecule has 0 atom stereocenters. The highest BCUT2D eigenvalue weighted by Gasteiger charge is 2.13. The Morgan fingerprint density at radius 2 is 2.00 bits per heavy atom. The number of nitrogens with one attached hydrogen (secondary N) is 1. The number of tetrazole rings is 1. The van der Waals surface area contributed by atoms with Crippen molar-refractivity contribution in [2.24, 2.45) is 0 Å². The van der Waals surface area contributed by atoms with E-state index in [1.807, 2.05) is 0 Å². The molecule has 0 amide bonds. The maximum Gasteiger partial charge on any atom is 0.255 e. The number of rotatable bonds is 3. The van der Waals surface area contributed by atoms with Crippen molar-refractivity contribution in [1.82, 2.24) is 25.6 Å². The highest BCUT2D eigenvalue weighted by molar-refractivity contribution is 6.30. The number of pyridine rings is 1. The van der Waals surface area contributed by atoms with Crippen LogP contribution in [0.3, 0.4) is 0 Å². The number of benzene rings is 1. The molecule has 0 spiro atoms. The van der Waals surface area contributed by atoms with Crippen LogP contribution in [0.2, 0.25) is 5.02 Å². The molecule has 0 bridgehead atoms. The third-order valence-electron chi connectivity index (χ3n) is 2.52. The number of hydrogen-bond donors (Lipinski definition) is 1. The molecule has 2 heterocycles. The Morgan fingerprint density at radius 3 is 2.67 bits per heavy atom. The van der Waals surface area contributed by atoms with Crippen molar-refractivity contribution in [2.45, 2.75) is 0 Å². The zero-order chi connectivity index (χ0) is 14.8. The standard InChI is InChI=1S/C12H6ClF2N5O/c13-6-3-10(15)12(16-5-6)21-7-1-2-8(9(14)4-7)11-17-19-20-18-11/h1-5H,(H,17,18,19,20). The van der Waals surface area contributed by atoms with Gasteiger partial charge in [-0.3, -0.25) is 0 Å². The lowest BCUT2D eigenvalue weighted by molar-refractivity contribution is 0.420. The largest absolute Gasteiger partial charge is 0.436 e. The predicted octanol–water partition coefficient (Wildman–Crippen LogP) is 2.99. The monoisotopic (exact) mass is 309 g/mol. The number of nitrogens with zero attached hydrogens (tertiary/aromatic N) is 4. The van der Waals surface area contributed by atoms with Gasteiger partial charge in [-0.05, 0) is 23.4 Å². The van der Waals surface area contributed by atoms with E-state index in [9.17, 15) is 8.78 Å². The molecule has 1 aromatic carbocycles. The molecule has 3 rings (SSSR count). The molecule has 0 aliphatic carbocycles. The molecule has 0 saturated carbocycles. The molecule has 0 saturated heterocycles. The number of hydrogen-bond acceptors (Lipinski definition) is 5. The SMILES string of the molecule is Fc1cc(Oc2ncc(Cl)cc2F)ccc1-c1nn[nH]n1. The second kappa shape index (κ2) is 5.41. The molecular formula is C12H6ClF2N5O.